The summed E-state index contributed by atoms with van der Waals surface area (Å²) in [7, 11) is 0. The molecule has 1 atom stereocenters. The molecule has 20 heavy (non-hydrogen) atoms. The molecule has 5 heteroatoms. The van der Waals surface area contributed by atoms with Crippen molar-refractivity contribution >= 4 is 11.8 Å². The van der Waals surface area contributed by atoms with Crippen LogP contribution in [0, 0.1) is 0 Å². The Bertz CT molecular complexity index is 597. The minimum absolute atomic E-state index is 0.177. The maximum atomic E-state index is 5.81. The standard InChI is InChI=1S/C15H19N5/c1-10(11-5-3-2-4-6-11)18-14-12-9-17-8-7-13(12)19-15(16)20-14/h2-6,10,17H,7-9H2,1H3,(H3,16,18,19,20). The van der Waals surface area contributed by atoms with Crippen LogP contribution in [-0.4, -0.2) is 16.5 Å². The van der Waals surface area contributed by atoms with Crippen LogP contribution in [0.15, 0.2) is 30.3 Å². The lowest BCUT2D eigenvalue weighted by Gasteiger charge is -2.22. The Morgan fingerprint density at radius 1 is 1.25 bits per heavy atom. The number of hydrogen-bond donors (Lipinski definition) is 3. The van der Waals surface area contributed by atoms with Gasteiger partial charge < -0.3 is 16.4 Å². The highest BCUT2D eigenvalue weighted by Crippen LogP contribution is 2.25. The molecule has 0 spiro atoms. The lowest BCUT2D eigenvalue weighted by molar-refractivity contribution is 0.627. The molecule has 0 amide bonds. The van der Waals surface area contributed by atoms with Crippen molar-refractivity contribution in [3.05, 3.63) is 47.2 Å². The van der Waals surface area contributed by atoms with Crippen molar-refractivity contribution in [1.82, 2.24) is 15.3 Å². The van der Waals surface area contributed by atoms with E-state index in [0.717, 1.165) is 36.6 Å². The van der Waals surface area contributed by atoms with Gasteiger partial charge >= 0.3 is 0 Å². The molecule has 0 aliphatic carbocycles. The molecule has 3 rings (SSSR count). The smallest absolute Gasteiger partial charge is 0.222 e. The third-order valence-corrected chi connectivity index (χ3v) is 3.60. The van der Waals surface area contributed by atoms with E-state index in [-0.39, 0.29) is 6.04 Å². The molecule has 0 saturated heterocycles. The van der Waals surface area contributed by atoms with Gasteiger partial charge in [-0.15, -0.1) is 0 Å². The second-order valence-corrected chi connectivity index (χ2v) is 5.06. The summed E-state index contributed by atoms with van der Waals surface area (Å²) >= 11 is 0. The lowest BCUT2D eigenvalue weighted by Crippen LogP contribution is -2.27. The number of rotatable bonds is 3. The monoisotopic (exact) mass is 269 g/mol. The number of hydrogen-bond acceptors (Lipinski definition) is 5. The molecular formula is C15H19N5. The van der Waals surface area contributed by atoms with Gasteiger partial charge in [-0.05, 0) is 12.5 Å². The van der Waals surface area contributed by atoms with E-state index in [1.165, 1.54) is 5.56 Å². The largest absolute Gasteiger partial charge is 0.368 e. The molecule has 1 aromatic carbocycles. The molecule has 2 heterocycles. The molecule has 4 N–H and O–H groups in total. The number of aromatic nitrogens is 2. The fourth-order valence-electron chi connectivity index (χ4n) is 2.51. The molecule has 5 nitrogen and oxygen atoms in total. The average molecular weight is 269 g/mol. The summed E-state index contributed by atoms with van der Waals surface area (Å²) < 4.78 is 0. The fraction of sp³-hybridized carbons (Fsp3) is 0.333. The van der Waals surface area contributed by atoms with Crippen molar-refractivity contribution in [1.29, 1.82) is 0 Å². The van der Waals surface area contributed by atoms with E-state index in [4.69, 9.17) is 5.73 Å². The van der Waals surface area contributed by atoms with Crippen molar-refractivity contribution in [2.24, 2.45) is 0 Å². The predicted molar refractivity (Wildman–Crippen MR) is 80.3 cm³/mol. The molecule has 1 unspecified atom stereocenters. The minimum atomic E-state index is 0.177. The molecule has 0 bridgehead atoms. The lowest BCUT2D eigenvalue weighted by atomic mass is 10.1. The fourth-order valence-corrected chi connectivity index (χ4v) is 2.51. The maximum Gasteiger partial charge on any atom is 0.222 e. The number of nitrogens with zero attached hydrogens (tertiary/aromatic N) is 2. The van der Waals surface area contributed by atoms with Crippen molar-refractivity contribution in [2.45, 2.75) is 25.9 Å². The van der Waals surface area contributed by atoms with Crippen molar-refractivity contribution in [3.63, 3.8) is 0 Å². The first kappa shape index (κ1) is 12.9. The summed E-state index contributed by atoms with van der Waals surface area (Å²) in [5, 5.41) is 6.81. The Morgan fingerprint density at radius 2 is 2.05 bits per heavy atom. The molecule has 104 valence electrons. The topological polar surface area (TPSA) is 75.9 Å². The maximum absolute atomic E-state index is 5.81. The second-order valence-electron chi connectivity index (χ2n) is 5.06. The molecule has 1 aromatic heterocycles. The molecular weight excluding hydrogens is 250 g/mol. The number of nitrogens with two attached hydrogens (primary N) is 1. The molecule has 0 radical (unpaired) electrons. The van der Waals surface area contributed by atoms with Gasteiger partial charge in [0.15, 0.2) is 0 Å². The summed E-state index contributed by atoms with van der Waals surface area (Å²) in [5.41, 5.74) is 9.23. The number of benzene rings is 1. The van der Waals surface area contributed by atoms with E-state index in [1.807, 2.05) is 18.2 Å². The molecule has 0 fully saturated rings. The zero-order valence-corrected chi connectivity index (χ0v) is 11.6. The number of fused-ring (bicyclic) bond motifs is 1. The Labute approximate surface area is 118 Å². The van der Waals surface area contributed by atoms with Crippen LogP contribution in [0.25, 0.3) is 0 Å². The van der Waals surface area contributed by atoms with Gasteiger partial charge in [0, 0.05) is 31.1 Å². The van der Waals surface area contributed by atoms with Gasteiger partial charge in [-0.25, -0.2) is 4.98 Å². The van der Waals surface area contributed by atoms with Crippen molar-refractivity contribution in [2.75, 3.05) is 17.6 Å². The van der Waals surface area contributed by atoms with E-state index in [9.17, 15) is 0 Å². The molecule has 0 saturated carbocycles. The van der Waals surface area contributed by atoms with E-state index in [2.05, 4.69) is 39.7 Å². The average Bonchev–Trinajstić information content (AvgIpc) is 2.48. The third kappa shape index (κ3) is 2.58. The number of anilines is 2. The summed E-state index contributed by atoms with van der Waals surface area (Å²) in [6.07, 6.45) is 0.899. The van der Waals surface area contributed by atoms with Crippen molar-refractivity contribution in [3.8, 4) is 0 Å². The highest BCUT2D eigenvalue weighted by Gasteiger charge is 2.18. The molecule has 1 aliphatic rings. The van der Waals surface area contributed by atoms with E-state index >= 15 is 0 Å². The van der Waals surface area contributed by atoms with Gasteiger partial charge in [0.1, 0.15) is 5.82 Å². The van der Waals surface area contributed by atoms with Crippen LogP contribution in [0.2, 0.25) is 0 Å². The summed E-state index contributed by atoms with van der Waals surface area (Å²) in [6.45, 7) is 3.85. The van der Waals surface area contributed by atoms with Gasteiger partial charge in [-0.1, -0.05) is 30.3 Å². The van der Waals surface area contributed by atoms with Crippen LogP contribution < -0.4 is 16.4 Å². The van der Waals surface area contributed by atoms with Crippen LogP contribution in [0.3, 0.4) is 0 Å². The first-order valence-electron chi connectivity index (χ1n) is 6.91. The highest BCUT2D eigenvalue weighted by atomic mass is 15.1. The molecule has 2 aromatic rings. The van der Waals surface area contributed by atoms with Crippen LogP contribution in [0.5, 0.6) is 0 Å². The summed E-state index contributed by atoms with van der Waals surface area (Å²) in [4.78, 5) is 8.71. The van der Waals surface area contributed by atoms with E-state index in [0.29, 0.717) is 5.95 Å². The van der Waals surface area contributed by atoms with Gasteiger partial charge in [0.2, 0.25) is 5.95 Å². The summed E-state index contributed by atoms with van der Waals surface area (Å²) in [5.74, 6) is 1.18. The zero-order chi connectivity index (χ0) is 13.9. The van der Waals surface area contributed by atoms with Crippen LogP contribution in [-0.2, 0) is 13.0 Å². The first-order valence-corrected chi connectivity index (χ1v) is 6.91. The van der Waals surface area contributed by atoms with Gasteiger partial charge in [0.25, 0.3) is 0 Å². The van der Waals surface area contributed by atoms with Gasteiger partial charge in [-0.3, -0.25) is 0 Å². The van der Waals surface area contributed by atoms with Crippen molar-refractivity contribution < 1.29 is 0 Å². The zero-order valence-electron chi connectivity index (χ0n) is 11.6. The van der Waals surface area contributed by atoms with Crippen LogP contribution in [0.4, 0.5) is 11.8 Å². The van der Waals surface area contributed by atoms with E-state index in [1.54, 1.807) is 0 Å². The summed E-state index contributed by atoms with van der Waals surface area (Å²) in [6, 6.07) is 10.5. The third-order valence-electron chi connectivity index (χ3n) is 3.60. The number of nitrogens with one attached hydrogen (secondary N) is 2. The van der Waals surface area contributed by atoms with Crippen LogP contribution in [0.1, 0.15) is 29.8 Å². The first-order chi connectivity index (χ1) is 9.74. The van der Waals surface area contributed by atoms with E-state index < -0.39 is 0 Å². The predicted octanol–water partition coefficient (Wildman–Crippen LogP) is 1.88. The Morgan fingerprint density at radius 3 is 2.85 bits per heavy atom. The second kappa shape index (κ2) is 5.46. The van der Waals surface area contributed by atoms with Crippen LogP contribution >= 0.6 is 0 Å². The quantitative estimate of drug-likeness (QED) is 0.793. The Balaban J connectivity index is 1.89. The SMILES string of the molecule is CC(Nc1nc(N)nc2c1CNCC2)c1ccccc1. The Hall–Kier alpha value is -2.14. The normalized spacial score (nSPS) is 15.4. The molecule has 1 aliphatic heterocycles. The van der Waals surface area contributed by atoms with Gasteiger partial charge in [-0.2, -0.15) is 4.98 Å². The minimum Gasteiger partial charge on any atom is -0.368 e. The Kier molecular flexibility index (Phi) is 3.52. The number of nitrogen functional groups attached to an aromatic ring is 1. The van der Waals surface area contributed by atoms with Gasteiger partial charge in [0.05, 0.1) is 5.69 Å². The highest BCUT2D eigenvalue weighted by molar-refractivity contribution is 5.51.